The average Bonchev–Trinajstić information content (AvgIpc) is 2.42. The number of nitrogens with one attached hydrogen (secondary N) is 1. The highest BCUT2D eigenvalue weighted by atomic mass is 14.9. The third-order valence-corrected chi connectivity index (χ3v) is 4.94. The molecule has 1 heteroatoms. The highest BCUT2D eigenvalue weighted by molar-refractivity contribution is 4.90. The zero-order chi connectivity index (χ0) is 13.9. The molecular weight excluding hydrogens is 218 g/mol. The van der Waals surface area contributed by atoms with E-state index in [0.717, 1.165) is 5.92 Å². The minimum Gasteiger partial charge on any atom is -0.314 e. The molecule has 0 aromatic carbocycles. The second-order valence-corrected chi connectivity index (χ2v) is 5.77. The molecule has 0 spiro atoms. The quantitative estimate of drug-likeness (QED) is 0.451. The Morgan fingerprint density at radius 1 is 0.833 bits per heavy atom. The van der Waals surface area contributed by atoms with Crippen LogP contribution in [0, 0.1) is 5.92 Å². The van der Waals surface area contributed by atoms with Crippen molar-refractivity contribution >= 4 is 0 Å². The van der Waals surface area contributed by atoms with Crippen molar-refractivity contribution in [2.24, 2.45) is 5.92 Å². The van der Waals surface area contributed by atoms with E-state index in [1.54, 1.807) is 0 Å². The Morgan fingerprint density at radius 2 is 1.39 bits per heavy atom. The van der Waals surface area contributed by atoms with Gasteiger partial charge >= 0.3 is 0 Å². The first-order valence-electron chi connectivity index (χ1n) is 8.39. The van der Waals surface area contributed by atoms with Gasteiger partial charge in [-0.3, -0.25) is 0 Å². The minimum absolute atomic E-state index is 0.387. The molecule has 0 heterocycles. The van der Waals surface area contributed by atoms with Crippen molar-refractivity contribution in [3.63, 3.8) is 0 Å². The molecule has 0 aromatic rings. The maximum atomic E-state index is 3.63. The van der Waals surface area contributed by atoms with Crippen LogP contribution in [0.1, 0.15) is 91.9 Å². The van der Waals surface area contributed by atoms with Gasteiger partial charge in [0.1, 0.15) is 0 Å². The molecule has 110 valence electrons. The molecule has 18 heavy (non-hydrogen) atoms. The lowest BCUT2D eigenvalue weighted by Crippen LogP contribution is -2.48. The van der Waals surface area contributed by atoms with Crippen molar-refractivity contribution in [1.29, 1.82) is 0 Å². The zero-order valence-electron chi connectivity index (χ0n) is 13.6. The number of unbranched alkanes of at least 4 members (excludes halogenated alkanes) is 5. The fourth-order valence-electron chi connectivity index (χ4n) is 3.43. The molecule has 1 atom stereocenters. The van der Waals surface area contributed by atoms with Gasteiger partial charge in [0.05, 0.1) is 0 Å². The molecule has 0 saturated heterocycles. The van der Waals surface area contributed by atoms with Gasteiger partial charge in [0, 0.05) is 5.54 Å². The average molecular weight is 255 g/mol. The summed E-state index contributed by atoms with van der Waals surface area (Å²) in [7, 11) is 2.15. The molecule has 1 nitrogen and oxygen atoms in total. The van der Waals surface area contributed by atoms with E-state index in [2.05, 4.69) is 40.1 Å². The van der Waals surface area contributed by atoms with Gasteiger partial charge in [-0.1, -0.05) is 72.6 Å². The Hall–Kier alpha value is -0.0400. The maximum absolute atomic E-state index is 3.63. The summed E-state index contributed by atoms with van der Waals surface area (Å²) in [5.41, 5.74) is 0.387. The van der Waals surface area contributed by atoms with E-state index in [1.807, 2.05) is 0 Å². The maximum Gasteiger partial charge on any atom is 0.0201 e. The van der Waals surface area contributed by atoms with Crippen LogP contribution >= 0.6 is 0 Å². The molecule has 0 aliphatic carbocycles. The third-order valence-electron chi connectivity index (χ3n) is 4.94. The van der Waals surface area contributed by atoms with Crippen molar-refractivity contribution in [1.82, 2.24) is 5.32 Å². The number of hydrogen-bond donors (Lipinski definition) is 1. The van der Waals surface area contributed by atoms with Crippen LogP contribution in [0.3, 0.4) is 0 Å². The van der Waals surface area contributed by atoms with E-state index in [4.69, 9.17) is 0 Å². The van der Waals surface area contributed by atoms with Crippen molar-refractivity contribution in [2.75, 3.05) is 7.05 Å². The van der Waals surface area contributed by atoms with Gasteiger partial charge in [-0.2, -0.15) is 0 Å². The van der Waals surface area contributed by atoms with Gasteiger partial charge in [-0.05, 0) is 32.2 Å². The molecule has 0 fully saturated rings. The smallest absolute Gasteiger partial charge is 0.0201 e. The molecule has 0 rings (SSSR count). The van der Waals surface area contributed by atoms with Crippen LogP contribution in [0.2, 0.25) is 0 Å². The Morgan fingerprint density at radius 3 is 1.83 bits per heavy atom. The summed E-state index contributed by atoms with van der Waals surface area (Å²) in [5.74, 6) is 0.851. The van der Waals surface area contributed by atoms with Crippen molar-refractivity contribution in [3.05, 3.63) is 0 Å². The third kappa shape index (κ3) is 5.73. The van der Waals surface area contributed by atoms with Gasteiger partial charge in [0.25, 0.3) is 0 Å². The van der Waals surface area contributed by atoms with Crippen LogP contribution < -0.4 is 5.32 Å². The Balaban J connectivity index is 4.01. The van der Waals surface area contributed by atoms with Gasteiger partial charge in [-0.15, -0.1) is 0 Å². The summed E-state index contributed by atoms with van der Waals surface area (Å²) >= 11 is 0. The molecule has 1 unspecified atom stereocenters. The first-order valence-corrected chi connectivity index (χ1v) is 8.39. The second kappa shape index (κ2) is 10.8. The molecule has 0 bridgehead atoms. The van der Waals surface area contributed by atoms with Crippen LogP contribution in [0.5, 0.6) is 0 Å². The topological polar surface area (TPSA) is 12.0 Å². The summed E-state index contributed by atoms with van der Waals surface area (Å²) in [6, 6.07) is 0. The lowest BCUT2D eigenvalue weighted by atomic mass is 9.75. The fourth-order valence-corrected chi connectivity index (χ4v) is 3.43. The number of hydrogen-bond acceptors (Lipinski definition) is 1. The predicted molar refractivity (Wildman–Crippen MR) is 84.1 cm³/mol. The molecule has 1 N–H and O–H groups in total. The van der Waals surface area contributed by atoms with Crippen LogP contribution in [-0.2, 0) is 0 Å². The molecule has 0 radical (unpaired) electrons. The Bertz CT molecular complexity index is 164. The summed E-state index contributed by atoms with van der Waals surface area (Å²) in [6.07, 6.45) is 13.7. The second-order valence-electron chi connectivity index (χ2n) is 5.77. The standard InChI is InChI=1S/C17H37N/c1-6-10-11-12-13-14-15-16(7-2)17(8-3,9-4)18-5/h16,18H,6-15H2,1-5H3. The molecular formula is C17H37N. The summed E-state index contributed by atoms with van der Waals surface area (Å²) in [5, 5.41) is 3.63. The van der Waals surface area contributed by atoms with Gasteiger partial charge < -0.3 is 5.32 Å². The highest BCUT2D eigenvalue weighted by Crippen LogP contribution is 2.32. The highest BCUT2D eigenvalue weighted by Gasteiger charge is 2.32. The fraction of sp³-hybridized carbons (Fsp3) is 1.00. The Kier molecular flexibility index (Phi) is 10.8. The summed E-state index contributed by atoms with van der Waals surface area (Å²) in [4.78, 5) is 0. The van der Waals surface area contributed by atoms with Crippen LogP contribution in [0.15, 0.2) is 0 Å². The largest absolute Gasteiger partial charge is 0.314 e. The molecule has 0 saturated carbocycles. The zero-order valence-corrected chi connectivity index (χ0v) is 13.6. The van der Waals surface area contributed by atoms with E-state index in [-0.39, 0.29) is 0 Å². The van der Waals surface area contributed by atoms with E-state index in [0.29, 0.717) is 5.54 Å². The van der Waals surface area contributed by atoms with Crippen LogP contribution in [-0.4, -0.2) is 12.6 Å². The van der Waals surface area contributed by atoms with E-state index in [1.165, 1.54) is 64.2 Å². The lowest BCUT2D eigenvalue weighted by molar-refractivity contribution is 0.183. The normalized spacial score (nSPS) is 13.8. The molecule has 0 aliphatic heterocycles. The predicted octanol–water partition coefficient (Wildman–Crippen LogP) is 5.54. The van der Waals surface area contributed by atoms with Gasteiger partial charge in [-0.25, -0.2) is 0 Å². The van der Waals surface area contributed by atoms with Crippen LogP contribution in [0.25, 0.3) is 0 Å². The molecule has 0 aliphatic rings. The van der Waals surface area contributed by atoms with Gasteiger partial charge in [0.2, 0.25) is 0 Å². The van der Waals surface area contributed by atoms with Crippen molar-refractivity contribution in [2.45, 2.75) is 97.4 Å². The van der Waals surface area contributed by atoms with E-state index in [9.17, 15) is 0 Å². The minimum atomic E-state index is 0.387. The first kappa shape index (κ1) is 18.0. The van der Waals surface area contributed by atoms with E-state index >= 15 is 0 Å². The van der Waals surface area contributed by atoms with Crippen molar-refractivity contribution in [3.8, 4) is 0 Å². The van der Waals surface area contributed by atoms with Gasteiger partial charge in [0.15, 0.2) is 0 Å². The van der Waals surface area contributed by atoms with E-state index < -0.39 is 0 Å². The molecule has 0 aromatic heterocycles. The SMILES string of the molecule is CCCCCCCCC(CC)C(CC)(CC)NC. The summed E-state index contributed by atoms with van der Waals surface area (Å²) < 4.78 is 0. The monoisotopic (exact) mass is 255 g/mol. The molecule has 0 amide bonds. The first-order chi connectivity index (χ1) is 8.70. The lowest BCUT2D eigenvalue weighted by Gasteiger charge is -2.39. The summed E-state index contributed by atoms with van der Waals surface area (Å²) in [6.45, 7) is 9.32. The number of rotatable bonds is 12. The van der Waals surface area contributed by atoms with Crippen LogP contribution in [0.4, 0.5) is 0 Å². The van der Waals surface area contributed by atoms with Crippen molar-refractivity contribution < 1.29 is 0 Å². The Labute approximate surface area is 116 Å².